The number of hydrogen-bond acceptors (Lipinski definition) is 2. The first-order valence-electron chi connectivity index (χ1n) is 9.49. The molecule has 26 heavy (non-hydrogen) atoms. The van der Waals surface area contributed by atoms with Crippen molar-refractivity contribution in [2.45, 2.75) is 43.8 Å². The first-order chi connectivity index (χ1) is 12.8. The number of benzene rings is 2. The Hall–Kier alpha value is -2.75. The van der Waals surface area contributed by atoms with Gasteiger partial charge in [0.2, 0.25) is 0 Å². The van der Waals surface area contributed by atoms with Gasteiger partial charge in [-0.3, -0.25) is 4.79 Å². The summed E-state index contributed by atoms with van der Waals surface area (Å²) < 4.78 is 0. The van der Waals surface area contributed by atoms with Crippen LogP contribution in [0, 0.1) is 0 Å². The van der Waals surface area contributed by atoms with Gasteiger partial charge in [0.15, 0.2) is 0 Å². The van der Waals surface area contributed by atoms with Crippen molar-refractivity contribution in [3.05, 3.63) is 66.4 Å². The minimum Gasteiger partial charge on any atom is -0.365 e. The van der Waals surface area contributed by atoms with Crippen LogP contribution in [0.3, 0.4) is 0 Å². The highest BCUT2D eigenvalue weighted by atomic mass is 16.1. The largest absolute Gasteiger partial charge is 0.365 e. The summed E-state index contributed by atoms with van der Waals surface area (Å²) in [7, 11) is 0. The maximum absolute atomic E-state index is 12.7. The summed E-state index contributed by atoms with van der Waals surface area (Å²) in [6.45, 7) is 0. The Kier molecular flexibility index (Phi) is 3.70. The molecule has 2 bridgehead atoms. The van der Waals surface area contributed by atoms with Gasteiger partial charge in [-0.25, -0.2) is 0 Å². The van der Waals surface area contributed by atoms with E-state index in [0.29, 0.717) is 12.1 Å². The number of hydrogen-bond donors (Lipinski definition) is 2. The van der Waals surface area contributed by atoms with Crippen molar-refractivity contribution in [2.24, 2.45) is 0 Å². The molecule has 5 rings (SSSR count). The zero-order valence-corrected chi connectivity index (χ0v) is 14.7. The van der Waals surface area contributed by atoms with Crippen molar-refractivity contribution in [3.63, 3.8) is 0 Å². The van der Waals surface area contributed by atoms with E-state index in [9.17, 15) is 4.79 Å². The van der Waals surface area contributed by atoms with Gasteiger partial charge in [-0.15, -0.1) is 0 Å². The Morgan fingerprint density at radius 3 is 2.54 bits per heavy atom. The van der Waals surface area contributed by atoms with E-state index in [4.69, 9.17) is 0 Å². The monoisotopic (exact) mass is 345 g/mol. The summed E-state index contributed by atoms with van der Waals surface area (Å²) in [5, 5.41) is 4.42. The fraction of sp³-hybridized carbons (Fsp3) is 0.318. The Balaban J connectivity index is 1.30. The van der Waals surface area contributed by atoms with E-state index in [1.807, 2.05) is 30.5 Å². The molecule has 132 valence electrons. The molecule has 2 fully saturated rings. The third-order valence-corrected chi connectivity index (χ3v) is 5.94. The fourth-order valence-electron chi connectivity index (χ4n) is 4.77. The molecular weight excluding hydrogens is 322 g/mol. The maximum Gasteiger partial charge on any atom is 0.251 e. The molecule has 4 nitrogen and oxygen atoms in total. The van der Waals surface area contributed by atoms with Crippen LogP contribution in [0.25, 0.3) is 10.9 Å². The van der Waals surface area contributed by atoms with Crippen molar-refractivity contribution in [3.8, 4) is 0 Å². The molecule has 3 aromatic rings. The van der Waals surface area contributed by atoms with E-state index >= 15 is 0 Å². The quantitative estimate of drug-likeness (QED) is 0.751. The molecule has 2 saturated heterocycles. The second-order valence-corrected chi connectivity index (χ2v) is 7.55. The molecule has 2 N–H and O–H groups in total. The van der Waals surface area contributed by atoms with Crippen LogP contribution in [0.5, 0.6) is 0 Å². The van der Waals surface area contributed by atoms with E-state index in [1.165, 1.54) is 18.5 Å². The highest BCUT2D eigenvalue weighted by molar-refractivity contribution is 5.98. The van der Waals surface area contributed by atoms with E-state index in [2.05, 4.69) is 45.5 Å². The second-order valence-electron chi connectivity index (χ2n) is 7.55. The third kappa shape index (κ3) is 2.66. The number of aromatic amines is 1. The van der Waals surface area contributed by atoms with E-state index in [0.717, 1.165) is 29.3 Å². The number of amides is 1. The van der Waals surface area contributed by atoms with Gasteiger partial charge >= 0.3 is 0 Å². The second kappa shape index (κ2) is 6.20. The van der Waals surface area contributed by atoms with Gasteiger partial charge in [0.25, 0.3) is 5.91 Å². The number of aromatic nitrogens is 1. The van der Waals surface area contributed by atoms with Crippen LogP contribution in [-0.2, 0) is 0 Å². The van der Waals surface area contributed by atoms with Crippen LogP contribution in [0.4, 0.5) is 5.69 Å². The molecule has 2 aliphatic rings. The van der Waals surface area contributed by atoms with Crippen LogP contribution in [0.15, 0.2) is 60.8 Å². The molecular formula is C22H23N3O. The fourth-order valence-corrected chi connectivity index (χ4v) is 4.77. The molecule has 2 aromatic carbocycles. The van der Waals surface area contributed by atoms with Crippen LogP contribution in [-0.4, -0.2) is 29.0 Å². The lowest BCUT2D eigenvalue weighted by atomic mass is 9.96. The molecule has 3 atom stereocenters. The van der Waals surface area contributed by atoms with Crippen molar-refractivity contribution >= 4 is 22.5 Å². The number of anilines is 1. The van der Waals surface area contributed by atoms with Crippen molar-refractivity contribution in [1.82, 2.24) is 10.3 Å². The number of H-pyrrole nitrogens is 1. The molecule has 0 spiro atoms. The summed E-state index contributed by atoms with van der Waals surface area (Å²) in [6, 6.07) is 19.9. The van der Waals surface area contributed by atoms with Gasteiger partial charge in [-0.05, 0) is 61.4 Å². The van der Waals surface area contributed by atoms with Gasteiger partial charge < -0.3 is 15.2 Å². The van der Waals surface area contributed by atoms with Gasteiger partial charge in [0.05, 0.1) is 0 Å². The van der Waals surface area contributed by atoms with E-state index in [1.54, 1.807) is 0 Å². The molecule has 3 heterocycles. The molecule has 2 aliphatic heterocycles. The molecule has 1 unspecified atom stereocenters. The lowest BCUT2D eigenvalue weighted by Crippen LogP contribution is -2.50. The molecule has 0 saturated carbocycles. The van der Waals surface area contributed by atoms with Crippen LogP contribution < -0.4 is 10.2 Å². The van der Waals surface area contributed by atoms with Gasteiger partial charge in [-0.2, -0.15) is 0 Å². The number of nitrogens with one attached hydrogen (secondary N) is 2. The summed E-state index contributed by atoms with van der Waals surface area (Å²) in [4.78, 5) is 18.5. The Labute approximate surface area is 153 Å². The summed E-state index contributed by atoms with van der Waals surface area (Å²) in [5.74, 6) is 0.0408. The minimum absolute atomic E-state index is 0.0408. The SMILES string of the molecule is O=C(NC1C[C@H]2CC[C@@H](C1)N2c1ccccc1)c1ccc2cc[nH]c2c1. The lowest BCUT2D eigenvalue weighted by molar-refractivity contribution is 0.0927. The number of para-hydroxylation sites is 1. The minimum atomic E-state index is 0.0408. The van der Waals surface area contributed by atoms with Crippen LogP contribution >= 0.6 is 0 Å². The van der Waals surface area contributed by atoms with E-state index < -0.39 is 0 Å². The summed E-state index contributed by atoms with van der Waals surface area (Å²) in [5.41, 5.74) is 3.07. The average molecular weight is 345 g/mol. The zero-order valence-electron chi connectivity index (χ0n) is 14.7. The lowest BCUT2D eigenvalue weighted by Gasteiger charge is -2.40. The summed E-state index contributed by atoms with van der Waals surface area (Å²) >= 11 is 0. The first kappa shape index (κ1) is 15.5. The van der Waals surface area contributed by atoms with Crippen LogP contribution in [0.2, 0.25) is 0 Å². The highest BCUT2D eigenvalue weighted by Gasteiger charge is 2.41. The smallest absolute Gasteiger partial charge is 0.251 e. The molecule has 1 aromatic heterocycles. The topological polar surface area (TPSA) is 48.1 Å². The molecule has 0 aliphatic carbocycles. The summed E-state index contributed by atoms with van der Waals surface area (Å²) in [6.07, 6.45) is 6.41. The third-order valence-electron chi connectivity index (χ3n) is 5.94. The first-order valence-corrected chi connectivity index (χ1v) is 9.49. The predicted octanol–water partition coefficient (Wildman–Crippen LogP) is 4.10. The van der Waals surface area contributed by atoms with E-state index in [-0.39, 0.29) is 11.9 Å². The normalized spacial score (nSPS) is 24.8. The number of carbonyl (C=O) groups is 1. The Bertz CT molecular complexity index is 919. The predicted molar refractivity (Wildman–Crippen MR) is 105 cm³/mol. The van der Waals surface area contributed by atoms with Crippen molar-refractivity contribution in [1.29, 1.82) is 0 Å². The number of nitrogens with zero attached hydrogens (tertiary/aromatic N) is 1. The average Bonchev–Trinajstić information content (AvgIpc) is 3.24. The van der Waals surface area contributed by atoms with Gasteiger partial charge in [0.1, 0.15) is 0 Å². The Morgan fingerprint density at radius 1 is 1.00 bits per heavy atom. The van der Waals surface area contributed by atoms with Crippen LogP contribution in [0.1, 0.15) is 36.0 Å². The van der Waals surface area contributed by atoms with Crippen molar-refractivity contribution in [2.75, 3.05) is 4.90 Å². The number of piperidine rings is 1. The number of rotatable bonds is 3. The zero-order chi connectivity index (χ0) is 17.5. The Morgan fingerprint density at radius 2 is 1.77 bits per heavy atom. The molecule has 1 amide bonds. The standard InChI is InChI=1S/C22H23N3O/c26-22(16-7-6-15-10-11-23-21(15)12-16)24-17-13-19-8-9-20(14-17)25(19)18-4-2-1-3-5-18/h1-7,10-12,17,19-20,23H,8-9,13-14H2,(H,24,26)/t17?,19-,20+. The van der Waals surface area contributed by atoms with Gasteiger partial charge in [0, 0.05) is 41.1 Å². The number of fused-ring (bicyclic) bond motifs is 3. The maximum atomic E-state index is 12.7. The van der Waals surface area contributed by atoms with Crippen molar-refractivity contribution < 1.29 is 4.79 Å². The number of carbonyl (C=O) groups excluding carboxylic acids is 1. The highest BCUT2D eigenvalue weighted by Crippen LogP contribution is 2.39. The molecule has 4 heteroatoms. The van der Waals surface area contributed by atoms with Gasteiger partial charge in [-0.1, -0.05) is 24.3 Å². The molecule has 0 radical (unpaired) electrons.